The van der Waals surface area contributed by atoms with Crippen molar-refractivity contribution in [2.24, 2.45) is 0 Å². The standard InChI is InChI=1S/C26H26N2O7S/c1-33-12-13-34-17-35-26-21(19-8-6-18(7-9-19)14-25(29)30)4-3-5-22(26)23-15-20-10-11-27-16-24(20)28(23)36(2,31)32/h3-11,15-16H,12-14,17H2,1-2H3,(H,29,30). The van der Waals surface area contributed by atoms with Crippen molar-refractivity contribution in [2.45, 2.75) is 6.42 Å². The van der Waals surface area contributed by atoms with Crippen LogP contribution in [0.2, 0.25) is 0 Å². The fourth-order valence-corrected chi connectivity index (χ4v) is 4.99. The third-order valence-electron chi connectivity index (χ3n) is 5.52. The van der Waals surface area contributed by atoms with Gasteiger partial charge in [-0.05, 0) is 29.3 Å². The van der Waals surface area contributed by atoms with Crippen LogP contribution in [-0.2, 0) is 30.7 Å². The van der Waals surface area contributed by atoms with Crippen LogP contribution in [0.25, 0.3) is 33.3 Å². The number of fused-ring (bicyclic) bond motifs is 1. The molecule has 0 radical (unpaired) electrons. The summed E-state index contributed by atoms with van der Waals surface area (Å²) < 4.78 is 43.5. The van der Waals surface area contributed by atoms with E-state index in [1.54, 1.807) is 43.6 Å². The lowest BCUT2D eigenvalue weighted by molar-refractivity contribution is -0.136. The Labute approximate surface area is 208 Å². The molecule has 0 aliphatic carbocycles. The van der Waals surface area contributed by atoms with Gasteiger partial charge in [0.2, 0.25) is 10.0 Å². The molecule has 0 aliphatic rings. The number of para-hydroxylation sites is 1. The van der Waals surface area contributed by atoms with Crippen LogP contribution in [0.5, 0.6) is 5.75 Å². The first-order valence-corrected chi connectivity index (χ1v) is 12.9. The van der Waals surface area contributed by atoms with Crippen LogP contribution < -0.4 is 4.74 Å². The number of carbonyl (C=O) groups is 1. The molecular weight excluding hydrogens is 484 g/mol. The predicted molar refractivity (Wildman–Crippen MR) is 136 cm³/mol. The van der Waals surface area contributed by atoms with Gasteiger partial charge in [0.15, 0.2) is 6.79 Å². The first-order chi connectivity index (χ1) is 17.3. The van der Waals surface area contributed by atoms with Gasteiger partial charge in [0.05, 0.1) is 43.3 Å². The number of aliphatic carboxylic acids is 1. The van der Waals surface area contributed by atoms with Gasteiger partial charge in [-0.25, -0.2) is 12.4 Å². The maximum atomic E-state index is 12.8. The topological polar surface area (TPSA) is 117 Å². The van der Waals surface area contributed by atoms with Crippen molar-refractivity contribution in [3.63, 3.8) is 0 Å². The Morgan fingerprint density at radius 1 is 1.06 bits per heavy atom. The van der Waals surface area contributed by atoms with Crippen LogP contribution >= 0.6 is 0 Å². The number of benzene rings is 2. The fraction of sp³-hybridized carbons (Fsp3) is 0.231. The summed E-state index contributed by atoms with van der Waals surface area (Å²) in [5.41, 5.74) is 3.59. The Morgan fingerprint density at radius 2 is 1.81 bits per heavy atom. The van der Waals surface area contributed by atoms with Crippen molar-refractivity contribution in [1.82, 2.24) is 8.96 Å². The van der Waals surface area contributed by atoms with Crippen molar-refractivity contribution >= 4 is 26.9 Å². The molecule has 0 spiro atoms. The lowest BCUT2D eigenvalue weighted by Crippen LogP contribution is -2.12. The van der Waals surface area contributed by atoms with Crippen molar-refractivity contribution in [1.29, 1.82) is 0 Å². The summed E-state index contributed by atoms with van der Waals surface area (Å²) in [6.45, 7) is 0.649. The number of aromatic nitrogens is 2. The van der Waals surface area contributed by atoms with Crippen molar-refractivity contribution in [2.75, 3.05) is 33.4 Å². The highest BCUT2D eigenvalue weighted by Crippen LogP contribution is 2.41. The zero-order valence-corrected chi connectivity index (χ0v) is 20.7. The molecule has 0 fully saturated rings. The molecule has 0 unspecified atom stereocenters. The number of hydrogen-bond donors (Lipinski definition) is 1. The van der Waals surface area contributed by atoms with Crippen molar-refractivity contribution < 1.29 is 32.5 Å². The summed E-state index contributed by atoms with van der Waals surface area (Å²) in [5, 5.41) is 9.79. The second-order valence-corrected chi connectivity index (χ2v) is 9.94. The Hall–Kier alpha value is -3.73. The molecule has 2 heterocycles. The van der Waals surface area contributed by atoms with Gasteiger partial charge in [-0.1, -0.05) is 36.4 Å². The molecule has 4 aromatic rings. The van der Waals surface area contributed by atoms with Gasteiger partial charge in [0.25, 0.3) is 0 Å². The van der Waals surface area contributed by atoms with E-state index in [0.29, 0.717) is 46.9 Å². The number of rotatable bonds is 11. The first kappa shape index (κ1) is 25.4. The number of pyridine rings is 1. The van der Waals surface area contributed by atoms with Crippen LogP contribution in [0, 0.1) is 0 Å². The highest BCUT2D eigenvalue weighted by Gasteiger charge is 2.22. The van der Waals surface area contributed by atoms with Crippen LogP contribution in [0.3, 0.4) is 0 Å². The highest BCUT2D eigenvalue weighted by molar-refractivity contribution is 7.89. The molecule has 0 saturated carbocycles. The molecule has 36 heavy (non-hydrogen) atoms. The Morgan fingerprint density at radius 3 is 2.50 bits per heavy atom. The predicted octanol–water partition coefficient (Wildman–Crippen LogP) is 3.80. The largest absolute Gasteiger partial charge is 0.481 e. The molecule has 9 nitrogen and oxygen atoms in total. The fourth-order valence-electron chi connectivity index (χ4n) is 3.97. The second-order valence-electron chi connectivity index (χ2n) is 8.10. The Bertz CT molecular complexity index is 1480. The average Bonchev–Trinajstić information content (AvgIpc) is 3.24. The van der Waals surface area contributed by atoms with Crippen LogP contribution in [0.1, 0.15) is 5.56 Å². The van der Waals surface area contributed by atoms with Crippen molar-refractivity contribution in [3.8, 4) is 28.1 Å². The second kappa shape index (κ2) is 10.9. The molecule has 1 N–H and O–H groups in total. The quantitative estimate of drug-likeness (QED) is 0.239. The number of carboxylic acids is 1. The van der Waals surface area contributed by atoms with Gasteiger partial charge in [0.1, 0.15) is 5.75 Å². The Balaban J connectivity index is 1.86. The van der Waals surface area contributed by atoms with Crippen LogP contribution in [0.4, 0.5) is 0 Å². The minimum Gasteiger partial charge on any atom is -0.481 e. The summed E-state index contributed by atoms with van der Waals surface area (Å²) >= 11 is 0. The number of methoxy groups -OCH3 is 1. The van der Waals surface area contributed by atoms with Gasteiger partial charge in [0, 0.05) is 29.8 Å². The van der Waals surface area contributed by atoms with E-state index in [0.717, 1.165) is 17.2 Å². The van der Waals surface area contributed by atoms with E-state index in [9.17, 15) is 13.2 Å². The lowest BCUT2D eigenvalue weighted by Gasteiger charge is -2.18. The van der Waals surface area contributed by atoms with E-state index in [4.69, 9.17) is 19.3 Å². The van der Waals surface area contributed by atoms with E-state index < -0.39 is 16.0 Å². The van der Waals surface area contributed by atoms with Gasteiger partial charge >= 0.3 is 5.97 Å². The number of hydrogen-bond acceptors (Lipinski definition) is 7. The summed E-state index contributed by atoms with van der Waals surface area (Å²) in [5.74, 6) is -0.480. The van der Waals surface area contributed by atoms with Gasteiger partial charge in [-0.2, -0.15) is 0 Å². The molecule has 0 amide bonds. The molecule has 0 aliphatic heterocycles. The van der Waals surface area contributed by atoms with Gasteiger partial charge in [-0.3, -0.25) is 9.78 Å². The smallest absolute Gasteiger partial charge is 0.307 e. The van der Waals surface area contributed by atoms with Crippen LogP contribution in [-0.4, -0.2) is 61.8 Å². The normalized spacial score (nSPS) is 11.6. The zero-order valence-electron chi connectivity index (χ0n) is 19.9. The van der Waals surface area contributed by atoms with Gasteiger partial charge in [-0.15, -0.1) is 0 Å². The maximum Gasteiger partial charge on any atom is 0.307 e. The SMILES string of the molecule is COCCOCOc1c(-c2ccc(CC(=O)O)cc2)cccc1-c1cc2ccncc2n1S(C)(=O)=O. The molecule has 2 aromatic heterocycles. The number of carboxylic acid groups (broad SMARTS) is 1. The van der Waals surface area contributed by atoms with E-state index in [-0.39, 0.29) is 13.2 Å². The Kier molecular flexibility index (Phi) is 7.68. The summed E-state index contributed by atoms with van der Waals surface area (Å²) in [7, 11) is -2.12. The van der Waals surface area contributed by atoms with Crippen molar-refractivity contribution in [3.05, 3.63) is 72.6 Å². The average molecular weight is 511 g/mol. The monoisotopic (exact) mass is 510 g/mol. The minimum absolute atomic E-state index is 0.0782. The van der Waals surface area contributed by atoms with E-state index in [1.807, 2.05) is 24.3 Å². The molecule has 0 bridgehead atoms. The maximum absolute atomic E-state index is 12.8. The first-order valence-electron chi connectivity index (χ1n) is 11.1. The zero-order chi connectivity index (χ0) is 25.7. The van der Waals surface area contributed by atoms with Gasteiger partial charge < -0.3 is 19.3 Å². The third kappa shape index (κ3) is 5.56. The molecule has 0 saturated heterocycles. The minimum atomic E-state index is -3.69. The van der Waals surface area contributed by atoms with E-state index >= 15 is 0 Å². The third-order valence-corrected chi connectivity index (χ3v) is 6.58. The summed E-state index contributed by atoms with van der Waals surface area (Å²) in [4.78, 5) is 15.2. The molecule has 10 heteroatoms. The molecule has 2 aromatic carbocycles. The molecule has 0 atom stereocenters. The highest BCUT2D eigenvalue weighted by atomic mass is 32.2. The number of nitrogens with zero attached hydrogens (tertiary/aromatic N) is 2. The summed E-state index contributed by atoms with van der Waals surface area (Å²) in [6, 6.07) is 16.1. The van der Waals surface area contributed by atoms with E-state index in [2.05, 4.69) is 4.98 Å². The number of ether oxygens (including phenoxy) is 3. The summed E-state index contributed by atoms with van der Waals surface area (Å²) in [6.07, 6.45) is 4.18. The molecular formula is C26H26N2O7S. The lowest BCUT2D eigenvalue weighted by atomic mass is 9.98. The van der Waals surface area contributed by atoms with E-state index in [1.165, 1.54) is 10.2 Å². The molecule has 188 valence electrons. The molecule has 4 rings (SSSR count). The van der Waals surface area contributed by atoms with Crippen LogP contribution in [0.15, 0.2) is 67.0 Å².